The Morgan fingerprint density at radius 3 is 2.96 bits per heavy atom. The van der Waals surface area contributed by atoms with E-state index in [1.54, 1.807) is 14.0 Å². The first-order valence-corrected chi connectivity index (χ1v) is 8.75. The Hall–Kier alpha value is -1.88. The number of fused-ring (bicyclic) bond motifs is 1. The minimum absolute atomic E-state index is 0.110. The van der Waals surface area contributed by atoms with Gasteiger partial charge >= 0.3 is 0 Å². The summed E-state index contributed by atoms with van der Waals surface area (Å²) in [7, 11) is 1.66. The van der Waals surface area contributed by atoms with Crippen molar-refractivity contribution in [2.45, 2.75) is 32.6 Å². The zero-order valence-electron chi connectivity index (χ0n) is 14.6. The number of hydrogen-bond donors (Lipinski definition) is 0. The van der Waals surface area contributed by atoms with Gasteiger partial charge in [0, 0.05) is 45.8 Å². The van der Waals surface area contributed by atoms with Gasteiger partial charge in [0.05, 0.1) is 6.61 Å². The maximum Gasteiger partial charge on any atom is 0.223 e. The van der Waals surface area contributed by atoms with E-state index >= 15 is 0 Å². The Labute approximate surface area is 143 Å². The number of likely N-dealkylation sites (tertiary alicyclic amines) is 1. The summed E-state index contributed by atoms with van der Waals surface area (Å²) in [4.78, 5) is 27.6. The molecule has 1 aromatic carbocycles. The highest BCUT2D eigenvalue weighted by Gasteiger charge is 2.29. The molecule has 2 heterocycles. The summed E-state index contributed by atoms with van der Waals surface area (Å²) in [5.74, 6) is 0.719. The predicted octanol–water partition coefficient (Wildman–Crippen LogP) is 2.02. The summed E-state index contributed by atoms with van der Waals surface area (Å²) in [5.41, 5.74) is 3.58. The van der Waals surface area contributed by atoms with Gasteiger partial charge in [0.1, 0.15) is 0 Å². The molecule has 24 heavy (non-hydrogen) atoms. The summed E-state index contributed by atoms with van der Waals surface area (Å²) >= 11 is 0. The van der Waals surface area contributed by atoms with Crippen molar-refractivity contribution in [1.82, 2.24) is 4.90 Å². The van der Waals surface area contributed by atoms with Gasteiger partial charge in [0.2, 0.25) is 11.8 Å². The Kier molecular flexibility index (Phi) is 5.19. The Morgan fingerprint density at radius 1 is 1.38 bits per heavy atom. The zero-order valence-corrected chi connectivity index (χ0v) is 14.6. The minimum Gasteiger partial charge on any atom is -0.383 e. The lowest BCUT2D eigenvalue weighted by Crippen LogP contribution is -2.33. The molecule has 130 valence electrons. The van der Waals surface area contributed by atoms with Crippen LogP contribution in [0.2, 0.25) is 0 Å². The second-order valence-electron chi connectivity index (χ2n) is 6.84. The third kappa shape index (κ3) is 3.61. The van der Waals surface area contributed by atoms with Crippen molar-refractivity contribution >= 4 is 17.5 Å². The summed E-state index contributed by atoms with van der Waals surface area (Å²) in [6, 6.07) is 6.42. The quantitative estimate of drug-likeness (QED) is 0.830. The smallest absolute Gasteiger partial charge is 0.223 e. The average molecular weight is 330 g/mol. The van der Waals surface area contributed by atoms with E-state index in [0.29, 0.717) is 25.5 Å². The van der Waals surface area contributed by atoms with Crippen molar-refractivity contribution in [3.8, 4) is 0 Å². The van der Waals surface area contributed by atoms with Crippen LogP contribution in [0.15, 0.2) is 18.2 Å². The third-order valence-corrected chi connectivity index (χ3v) is 5.03. The van der Waals surface area contributed by atoms with Crippen LogP contribution in [-0.2, 0) is 27.2 Å². The number of nitrogens with zero attached hydrogens (tertiary/aromatic N) is 2. The van der Waals surface area contributed by atoms with Gasteiger partial charge in [-0.05, 0) is 42.4 Å². The van der Waals surface area contributed by atoms with Crippen molar-refractivity contribution in [2.75, 3.05) is 38.3 Å². The topological polar surface area (TPSA) is 49.9 Å². The van der Waals surface area contributed by atoms with Gasteiger partial charge in [-0.25, -0.2) is 0 Å². The van der Waals surface area contributed by atoms with Crippen LogP contribution in [0.3, 0.4) is 0 Å². The highest BCUT2D eigenvalue weighted by atomic mass is 16.5. The molecule has 1 saturated heterocycles. The molecule has 0 unspecified atom stereocenters. The van der Waals surface area contributed by atoms with Crippen molar-refractivity contribution in [1.29, 1.82) is 0 Å². The fourth-order valence-electron chi connectivity index (χ4n) is 3.85. The second-order valence-corrected chi connectivity index (χ2v) is 6.84. The minimum atomic E-state index is 0.110. The molecule has 2 amide bonds. The van der Waals surface area contributed by atoms with Crippen LogP contribution >= 0.6 is 0 Å². The first kappa shape index (κ1) is 17.0. The van der Waals surface area contributed by atoms with Gasteiger partial charge in [0.15, 0.2) is 0 Å². The standard InChI is InChI=1S/C19H26N2O3/c1-14(22)21-7-3-4-17-11-15(5-6-18(17)21)10-16-12-19(23)20(13-16)8-9-24-2/h5-6,11,16H,3-4,7-10,12-13H2,1-2H3/t16-/m0/s1. The first-order chi connectivity index (χ1) is 11.6. The molecule has 2 aliphatic heterocycles. The zero-order chi connectivity index (χ0) is 17.1. The maximum absolute atomic E-state index is 12.1. The molecule has 0 saturated carbocycles. The molecule has 3 rings (SSSR count). The van der Waals surface area contributed by atoms with E-state index in [-0.39, 0.29) is 11.8 Å². The van der Waals surface area contributed by atoms with Crippen molar-refractivity contribution in [3.63, 3.8) is 0 Å². The van der Waals surface area contributed by atoms with Crippen LogP contribution in [0.1, 0.15) is 30.9 Å². The lowest BCUT2D eigenvalue weighted by Gasteiger charge is -2.29. The van der Waals surface area contributed by atoms with Gasteiger partial charge in [0.25, 0.3) is 0 Å². The molecule has 0 bridgehead atoms. The SMILES string of the molecule is COCCN1C[C@@H](Cc2ccc3c(c2)CCCN3C(C)=O)CC1=O. The lowest BCUT2D eigenvalue weighted by atomic mass is 9.93. The molecule has 0 aromatic heterocycles. The number of hydrogen-bond acceptors (Lipinski definition) is 3. The Balaban J connectivity index is 1.67. The highest BCUT2D eigenvalue weighted by Crippen LogP contribution is 2.30. The van der Waals surface area contributed by atoms with Gasteiger partial charge < -0.3 is 14.5 Å². The van der Waals surface area contributed by atoms with Gasteiger partial charge in [-0.3, -0.25) is 9.59 Å². The van der Waals surface area contributed by atoms with E-state index in [0.717, 1.165) is 38.0 Å². The molecule has 0 spiro atoms. The number of ether oxygens (including phenoxy) is 1. The van der Waals surface area contributed by atoms with E-state index in [1.807, 2.05) is 9.80 Å². The largest absolute Gasteiger partial charge is 0.383 e. The van der Waals surface area contributed by atoms with Crippen LogP contribution < -0.4 is 4.90 Å². The molecule has 5 nitrogen and oxygen atoms in total. The fourth-order valence-corrected chi connectivity index (χ4v) is 3.85. The van der Waals surface area contributed by atoms with Crippen LogP contribution in [0.5, 0.6) is 0 Å². The van der Waals surface area contributed by atoms with Crippen molar-refractivity contribution < 1.29 is 14.3 Å². The summed E-state index contributed by atoms with van der Waals surface area (Å²) in [5, 5.41) is 0. The fraction of sp³-hybridized carbons (Fsp3) is 0.579. The first-order valence-electron chi connectivity index (χ1n) is 8.75. The predicted molar refractivity (Wildman–Crippen MR) is 93.1 cm³/mol. The molecule has 1 fully saturated rings. The molecule has 5 heteroatoms. The molecule has 2 aliphatic rings. The molecule has 1 atom stereocenters. The maximum atomic E-state index is 12.1. The van der Waals surface area contributed by atoms with Gasteiger partial charge in [-0.2, -0.15) is 0 Å². The molecular weight excluding hydrogens is 304 g/mol. The number of aryl methyl sites for hydroxylation is 1. The average Bonchev–Trinajstić information content (AvgIpc) is 2.91. The Bertz CT molecular complexity index is 629. The molecule has 0 aliphatic carbocycles. The number of carbonyl (C=O) groups is 2. The monoisotopic (exact) mass is 330 g/mol. The van der Waals surface area contributed by atoms with Gasteiger partial charge in [-0.15, -0.1) is 0 Å². The third-order valence-electron chi connectivity index (χ3n) is 5.03. The van der Waals surface area contributed by atoms with Crippen molar-refractivity contribution in [3.05, 3.63) is 29.3 Å². The second kappa shape index (κ2) is 7.34. The Morgan fingerprint density at radius 2 is 2.21 bits per heavy atom. The number of amides is 2. The van der Waals surface area contributed by atoms with E-state index in [1.165, 1.54) is 11.1 Å². The summed E-state index contributed by atoms with van der Waals surface area (Å²) in [6.45, 7) is 4.54. The van der Waals surface area contributed by atoms with Crippen molar-refractivity contribution in [2.24, 2.45) is 5.92 Å². The van der Waals surface area contributed by atoms with Crippen LogP contribution in [0.25, 0.3) is 0 Å². The number of carbonyl (C=O) groups excluding carboxylic acids is 2. The number of methoxy groups -OCH3 is 1. The number of benzene rings is 1. The molecule has 0 radical (unpaired) electrons. The number of anilines is 1. The number of rotatable bonds is 5. The summed E-state index contributed by atoms with van der Waals surface area (Å²) in [6.07, 6.45) is 3.59. The highest BCUT2D eigenvalue weighted by molar-refractivity contribution is 5.92. The van der Waals surface area contributed by atoms with Gasteiger partial charge in [-0.1, -0.05) is 12.1 Å². The van der Waals surface area contributed by atoms with Crippen LogP contribution in [0.4, 0.5) is 5.69 Å². The van der Waals surface area contributed by atoms with E-state index in [2.05, 4.69) is 18.2 Å². The van der Waals surface area contributed by atoms with E-state index in [4.69, 9.17) is 4.74 Å². The van der Waals surface area contributed by atoms with Crippen LogP contribution in [0, 0.1) is 5.92 Å². The van der Waals surface area contributed by atoms with E-state index < -0.39 is 0 Å². The summed E-state index contributed by atoms with van der Waals surface area (Å²) < 4.78 is 5.07. The molecule has 1 aromatic rings. The lowest BCUT2D eigenvalue weighted by molar-refractivity contribution is -0.128. The van der Waals surface area contributed by atoms with Crippen LogP contribution in [-0.4, -0.2) is 50.1 Å². The molecule has 0 N–H and O–H groups in total. The normalized spacial score (nSPS) is 20.4. The van der Waals surface area contributed by atoms with E-state index in [9.17, 15) is 9.59 Å². The molecular formula is C19H26N2O3.